The maximum Gasteiger partial charge on any atom is 0.0748 e. The van der Waals surface area contributed by atoms with E-state index in [2.05, 4.69) is 49.1 Å². The first-order valence-corrected chi connectivity index (χ1v) is 9.26. The van der Waals surface area contributed by atoms with Gasteiger partial charge in [-0.3, -0.25) is 4.99 Å². The third kappa shape index (κ3) is 3.57. The fourth-order valence-corrected chi connectivity index (χ4v) is 4.04. The minimum Gasteiger partial charge on any atom is -0.302 e. The third-order valence-electron chi connectivity index (χ3n) is 4.14. The summed E-state index contributed by atoms with van der Waals surface area (Å²) in [5.41, 5.74) is 0. The van der Waals surface area contributed by atoms with Crippen molar-refractivity contribution in [3.05, 3.63) is 52.8 Å². The van der Waals surface area contributed by atoms with Gasteiger partial charge in [0.1, 0.15) is 0 Å². The predicted molar refractivity (Wildman–Crippen MR) is 103 cm³/mol. The highest BCUT2D eigenvalue weighted by atomic mass is 35.5. The Labute approximate surface area is 146 Å². The summed E-state index contributed by atoms with van der Waals surface area (Å²) in [7, 11) is 0. The normalized spacial score (nSPS) is 12.6. The summed E-state index contributed by atoms with van der Waals surface area (Å²) in [5, 5.41) is 4.21. The van der Waals surface area contributed by atoms with Crippen LogP contribution in [-0.4, -0.2) is 31.1 Å². The van der Waals surface area contributed by atoms with E-state index in [1.165, 1.54) is 14.8 Å². The maximum atomic E-state index is 6.23. The van der Waals surface area contributed by atoms with Crippen LogP contribution in [0, 0.1) is 0 Å². The molecule has 0 aliphatic rings. The van der Waals surface area contributed by atoms with E-state index >= 15 is 0 Å². The van der Waals surface area contributed by atoms with Crippen LogP contribution >= 0.6 is 22.9 Å². The van der Waals surface area contributed by atoms with Gasteiger partial charge in [0.2, 0.25) is 0 Å². The summed E-state index contributed by atoms with van der Waals surface area (Å²) in [6.45, 7) is 8.31. The van der Waals surface area contributed by atoms with Gasteiger partial charge in [-0.2, -0.15) is 0 Å². The summed E-state index contributed by atoms with van der Waals surface area (Å²) in [6, 6.07) is 14.6. The molecule has 0 saturated carbocycles. The Kier molecular flexibility index (Phi) is 5.31. The number of nitrogens with zero attached hydrogens (tertiary/aromatic N) is 2. The Hall–Kier alpha value is -1.42. The van der Waals surface area contributed by atoms with Gasteiger partial charge in [0.15, 0.2) is 0 Å². The molecule has 120 valence electrons. The molecule has 0 amide bonds. The lowest BCUT2D eigenvalue weighted by atomic mass is 10.2. The van der Waals surface area contributed by atoms with Crippen LogP contribution < -0.4 is 5.36 Å². The molecule has 2 aromatic carbocycles. The minimum atomic E-state index is 0.764. The molecule has 0 saturated heterocycles. The topological polar surface area (TPSA) is 15.6 Å². The maximum absolute atomic E-state index is 6.23. The SMILES string of the molecule is CCN(CC)CCN=c1c2ccccc2sc2ccc(Cl)cc12. The average molecular weight is 345 g/mol. The van der Waals surface area contributed by atoms with Crippen LogP contribution in [0.4, 0.5) is 0 Å². The molecule has 3 aromatic rings. The van der Waals surface area contributed by atoms with Gasteiger partial charge in [0, 0.05) is 31.7 Å². The van der Waals surface area contributed by atoms with Crippen molar-refractivity contribution >= 4 is 43.1 Å². The molecule has 0 N–H and O–H groups in total. The second-order valence-corrected chi connectivity index (χ2v) is 7.02. The molecule has 0 spiro atoms. The highest BCUT2D eigenvalue weighted by molar-refractivity contribution is 7.24. The summed E-state index contributed by atoms with van der Waals surface area (Å²) < 4.78 is 2.50. The van der Waals surface area contributed by atoms with Crippen molar-refractivity contribution in [2.75, 3.05) is 26.2 Å². The molecule has 0 bridgehead atoms. The Bertz CT molecular complexity index is 881. The Morgan fingerprint density at radius 2 is 1.74 bits per heavy atom. The number of fused-ring (bicyclic) bond motifs is 2. The quantitative estimate of drug-likeness (QED) is 0.598. The number of hydrogen-bond acceptors (Lipinski definition) is 3. The minimum absolute atomic E-state index is 0.764. The van der Waals surface area contributed by atoms with Crippen molar-refractivity contribution in [1.29, 1.82) is 0 Å². The molecule has 0 radical (unpaired) electrons. The molecular formula is C19H21ClN2S. The summed E-state index contributed by atoms with van der Waals surface area (Å²) >= 11 is 8.02. The van der Waals surface area contributed by atoms with Crippen LogP contribution in [0.25, 0.3) is 20.2 Å². The fraction of sp³-hybridized carbons (Fsp3) is 0.316. The number of hydrogen-bond donors (Lipinski definition) is 0. The molecule has 0 aliphatic heterocycles. The lowest BCUT2D eigenvalue weighted by Gasteiger charge is -2.16. The average Bonchev–Trinajstić information content (AvgIpc) is 2.58. The van der Waals surface area contributed by atoms with Gasteiger partial charge in [0.05, 0.1) is 11.9 Å². The molecule has 2 nitrogen and oxygen atoms in total. The summed E-state index contributed by atoms with van der Waals surface area (Å²) in [6.07, 6.45) is 0. The second kappa shape index (κ2) is 7.43. The molecule has 1 heterocycles. The zero-order valence-electron chi connectivity index (χ0n) is 13.6. The lowest BCUT2D eigenvalue weighted by Crippen LogP contribution is -2.26. The molecule has 0 unspecified atom stereocenters. The lowest BCUT2D eigenvalue weighted by molar-refractivity contribution is 0.312. The van der Waals surface area contributed by atoms with Crippen LogP contribution in [0.3, 0.4) is 0 Å². The van der Waals surface area contributed by atoms with E-state index in [1.54, 1.807) is 11.3 Å². The van der Waals surface area contributed by atoms with Gasteiger partial charge in [0.25, 0.3) is 0 Å². The van der Waals surface area contributed by atoms with Gasteiger partial charge in [-0.25, -0.2) is 0 Å². The van der Waals surface area contributed by atoms with E-state index in [1.807, 2.05) is 12.1 Å². The monoisotopic (exact) mass is 344 g/mol. The van der Waals surface area contributed by atoms with E-state index in [0.717, 1.165) is 41.9 Å². The van der Waals surface area contributed by atoms with Crippen molar-refractivity contribution in [3.8, 4) is 0 Å². The second-order valence-electron chi connectivity index (χ2n) is 5.50. The van der Waals surface area contributed by atoms with E-state index in [-0.39, 0.29) is 0 Å². The zero-order chi connectivity index (χ0) is 16.2. The van der Waals surface area contributed by atoms with Crippen LogP contribution in [0.2, 0.25) is 5.02 Å². The molecule has 0 atom stereocenters. The van der Waals surface area contributed by atoms with Gasteiger partial charge in [-0.1, -0.05) is 43.6 Å². The van der Waals surface area contributed by atoms with E-state index in [9.17, 15) is 0 Å². The van der Waals surface area contributed by atoms with Crippen molar-refractivity contribution in [2.45, 2.75) is 13.8 Å². The van der Waals surface area contributed by atoms with Crippen molar-refractivity contribution in [3.63, 3.8) is 0 Å². The Morgan fingerprint density at radius 1 is 1.00 bits per heavy atom. The fourth-order valence-electron chi connectivity index (χ4n) is 2.80. The van der Waals surface area contributed by atoms with Crippen LogP contribution in [-0.2, 0) is 0 Å². The van der Waals surface area contributed by atoms with Gasteiger partial charge in [-0.15, -0.1) is 11.3 Å². The molecule has 0 aliphatic carbocycles. The first-order valence-electron chi connectivity index (χ1n) is 8.07. The molecule has 3 rings (SSSR count). The van der Waals surface area contributed by atoms with E-state index in [4.69, 9.17) is 16.6 Å². The smallest absolute Gasteiger partial charge is 0.0748 e. The van der Waals surface area contributed by atoms with Gasteiger partial charge >= 0.3 is 0 Å². The highest BCUT2D eigenvalue weighted by Gasteiger charge is 2.05. The first-order chi connectivity index (χ1) is 11.2. The van der Waals surface area contributed by atoms with E-state index in [0.29, 0.717) is 0 Å². The van der Waals surface area contributed by atoms with E-state index < -0.39 is 0 Å². The number of likely N-dealkylation sites (N-methyl/N-ethyl adjacent to an activating group) is 1. The van der Waals surface area contributed by atoms with Crippen LogP contribution in [0.5, 0.6) is 0 Å². The zero-order valence-corrected chi connectivity index (χ0v) is 15.1. The van der Waals surface area contributed by atoms with Gasteiger partial charge in [-0.05, 0) is 37.4 Å². The third-order valence-corrected chi connectivity index (χ3v) is 5.53. The standard InChI is InChI=1S/C19H21ClN2S/c1-3-22(4-2)12-11-21-19-15-7-5-6-8-17(15)23-18-10-9-14(20)13-16(18)19/h5-10,13H,3-4,11-12H2,1-2H3. The van der Waals surface area contributed by atoms with Crippen molar-refractivity contribution in [1.82, 2.24) is 4.90 Å². The van der Waals surface area contributed by atoms with Crippen molar-refractivity contribution in [2.24, 2.45) is 4.99 Å². The number of rotatable bonds is 5. The molecule has 4 heteroatoms. The molecular weight excluding hydrogens is 324 g/mol. The predicted octanol–water partition coefficient (Wildman–Crippen LogP) is 4.95. The Balaban J connectivity index is 2.15. The Morgan fingerprint density at radius 3 is 2.52 bits per heavy atom. The number of benzene rings is 2. The van der Waals surface area contributed by atoms with Crippen LogP contribution in [0.15, 0.2) is 47.5 Å². The van der Waals surface area contributed by atoms with Gasteiger partial charge < -0.3 is 4.90 Å². The molecule has 23 heavy (non-hydrogen) atoms. The number of halogens is 1. The molecule has 0 fully saturated rings. The summed E-state index contributed by atoms with van der Waals surface area (Å²) in [4.78, 5) is 7.34. The first kappa shape index (κ1) is 16.4. The largest absolute Gasteiger partial charge is 0.302 e. The van der Waals surface area contributed by atoms with Crippen LogP contribution in [0.1, 0.15) is 13.8 Å². The molecule has 1 aromatic heterocycles. The highest BCUT2D eigenvalue weighted by Crippen LogP contribution is 2.26. The van der Waals surface area contributed by atoms with Crippen molar-refractivity contribution < 1.29 is 0 Å². The summed E-state index contributed by atoms with van der Waals surface area (Å²) in [5.74, 6) is 0.